The molecule has 262 valence electrons. The summed E-state index contributed by atoms with van der Waals surface area (Å²) in [6.07, 6.45) is -3.73. The summed E-state index contributed by atoms with van der Waals surface area (Å²) in [5.41, 5.74) is 2.63. The highest BCUT2D eigenvalue weighted by molar-refractivity contribution is 5.98. The molecule has 3 aromatic rings. The van der Waals surface area contributed by atoms with E-state index < -0.39 is 54.0 Å². The number of methoxy groups -OCH3 is 1. The summed E-state index contributed by atoms with van der Waals surface area (Å²) in [5, 5.41) is 1.89. The Labute approximate surface area is 278 Å². The van der Waals surface area contributed by atoms with Crippen LogP contribution in [0.5, 0.6) is 17.2 Å². The lowest BCUT2D eigenvalue weighted by atomic mass is 9.92. The summed E-state index contributed by atoms with van der Waals surface area (Å²) in [6.45, 7) is -0.325. The minimum Gasteiger partial charge on any atom is -0.497 e. The third-order valence-corrected chi connectivity index (χ3v) is 7.99. The summed E-state index contributed by atoms with van der Waals surface area (Å²) >= 11 is 0. The predicted molar refractivity (Wildman–Crippen MR) is 165 cm³/mol. The second kappa shape index (κ2) is 15.7. The molecule has 14 heteroatoms. The number of halogens is 6. The number of benzene rings is 3. The number of hydrogen-bond donors (Lipinski definition) is 1. The van der Waals surface area contributed by atoms with Gasteiger partial charge in [0.25, 0.3) is 0 Å². The molecule has 0 radical (unpaired) electrons. The van der Waals surface area contributed by atoms with Crippen LogP contribution in [-0.2, 0) is 20.7 Å². The van der Waals surface area contributed by atoms with E-state index in [1.54, 1.807) is 29.2 Å². The first-order valence-corrected chi connectivity index (χ1v) is 15.6. The van der Waals surface area contributed by atoms with Crippen LogP contribution < -0.4 is 19.5 Å². The Hall–Kier alpha value is -4.72. The molecular weight excluding hydrogens is 658 g/mol. The molecule has 1 fully saturated rings. The van der Waals surface area contributed by atoms with E-state index in [1.807, 2.05) is 29.6 Å². The van der Waals surface area contributed by atoms with Crippen molar-refractivity contribution in [3.63, 3.8) is 0 Å². The molecule has 1 unspecified atom stereocenters. The molecule has 49 heavy (non-hydrogen) atoms. The second-order valence-electron chi connectivity index (χ2n) is 11.6. The maximum Gasteiger partial charge on any atom is 0.471 e. The SMILES string of the molecule is COc1cccc(OC(CNC(=O)C(F)(F)F)N2CCC(c3ccc(CCCOc4c(F)ccc(F)c4F)cc3)=C(C(=O)OC3CC3)C2)c1. The summed E-state index contributed by atoms with van der Waals surface area (Å²) < 4.78 is 102. The highest BCUT2D eigenvalue weighted by Crippen LogP contribution is 2.33. The number of esters is 1. The van der Waals surface area contributed by atoms with Crippen LogP contribution in [0.4, 0.5) is 26.3 Å². The zero-order valence-corrected chi connectivity index (χ0v) is 26.5. The van der Waals surface area contributed by atoms with E-state index in [0.717, 1.165) is 30.0 Å². The average molecular weight is 693 g/mol. The monoisotopic (exact) mass is 692 g/mol. The number of nitrogens with one attached hydrogen (secondary N) is 1. The molecule has 1 aliphatic heterocycles. The van der Waals surface area contributed by atoms with E-state index >= 15 is 0 Å². The molecule has 1 amide bonds. The molecule has 1 saturated carbocycles. The molecule has 0 spiro atoms. The van der Waals surface area contributed by atoms with Crippen LogP contribution in [0.15, 0.2) is 66.2 Å². The number of rotatable bonds is 14. The van der Waals surface area contributed by atoms with Gasteiger partial charge in [-0.25, -0.2) is 13.6 Å². The van der Waals surface area contributed by atoms with Crippen LogP contribution in [0.2, 0.25) is 0 Å². The Balaban J connectivity index is 1.31. The van der Waals surface area contributed by atoms with Gasteiger partial charge >= 0.3 is 18.1 Å². The Morgan fingerprint density at radius 1 is 0.980 bits per heavy atom. The molecule has 0 saturated heterocycles. The fraction of sp³-hybridized carbons (Fsp3) is 0.371. The van der Waals surface area contributed by atoms with Gasteiger partial charge in [0.15, 0.2) is 23.6 Å². The fourth-order valence-electron chi connectivity index (χ4n) is 5.27. The topological polar surface area (TPSA) is 86.3 Å². The first-order valence-electron chi connectivity index (χ1n) is 15.6. The van der Waals surface area contributed by atoms with E-state index in [9.17, 15) is 35.9 Å². The van der Waals surface area contributed by atoms with Gasteiger partial charge in [0.2, 0.25) is 5.82 Å². The van der Waals surface area contributed by atoms with Gasteiger partial charge < -0.3 is 24.3 Å². The summed E-state index contributed by atoms with van der Waals surface area (Å²) in [7, 11) is 1.45. The van der Waals surface area contributed by atoms with Gasteiger partial charge in [-0.2, -0.15) is 17.6 Å². The van der Waals surface area contributed by atoms with E-state index in [0.29, 0.717) is 42.2 Å². The molecule has 0 bridgehead atoms. The van der Waals surface area contributed by atoms with Crippen molar-refractivity contribution in [2.75, 3.05) is 33.4 Å². The van der Waals surface area contributed by atoms with Gasteiger partial charge in [-0.1, -0.05) is 30.3 Å². The number of amides is 1. The third-order valence-electron chi connectivity index (χ3n) is 7.99. The molecule has 1 atom stereocenters. The van der Waals surface area contributed by atoms with E-state index in [2.05, 4.69) is 0 Å². The average Bonchev–Trinajstić information content (AvgIpc) is 3.91. The third kappa shape index (κ3) is 9.46. The van der Waals surface area contributed by atoms with Gasteiger partial charge in [0.1, 0.15) is 17.6 Å². The number of carbonyl (C=O) groups excluding carboxylic acids is 2. The minimum atomic E-state index is -5.09. The predicted octanol–water partition coefficient (Wildman–Crippen LogP) is 6.37. The van der Waals surface area contributed by atoms with Crippen molar-refractivity contribution < 1.29 is 54.9 Å². The van der Waals surface area contributed by atoms with Crippen LogP contribution >= 0.6 is 0 Å². The minimum absolute atomic E-state index is 0.0241. The van der Waals surface area contributed by atoms with E-state index in [1.165, 1.54) is 7.11 Å². The normalized spacial score (nSPS) is 15.8. The molecule has 8 nitrogen and oxygen atoms in total. The smallest absolute Gasteiger partial charge is 0.471 e. The lowest BCUT2D eigenvalue weighted by Gasteiger charge is -2.36. The summed E-state index contributed by atoms with van der Waals surface area (Å²) in [6, 6.07) is 15.3. The van der Waals surface area contributed by atoms with E-state index in [-0.39, 0.29) is 31.5 Å². The molecular formula is C35H34F6N2O6. The van der Waals surface area contributed by atoms with Crippen LogP contribution in [0.3, 0.4) is 0 Å². The number of nitrogens with zero attached hydrogens (tertiary/aromatic N) is 1. The van der Waals surface area contributed by atoms with Crippen LogP contribution in [0.25, 0.3) is 5.57 Å². The Morgan fingerprint density at radius 3 is 2.39 bits per heavy atom. The largest absolute Gasteiger partial charge is 0.497 e. The van der Waals surface area contributed by atoms with Crippen molar-refractivity contribution in [1.29, 1.82) is 0 Å². The maximum absolute atomic E-state index is 13.9. The zero-order valence-electron chi connectivity index (χ0n) is 26.5. The summed E-state index contributed by atoms with van der Waals surface area (Å²) in [4.78, 5) is 26.8. The fourth-order valence-corrected chi connectivity index (χ4v) is 5.27. The molecule has 1 heterocycles. The van der Waals surface area contributed by atoms with Crippen molar-refractivity contribution in [3.05, 3.63) is 94.8 Å². The number of hydrogen-bond acceptors (Lipinski definition) is 7. The van der Waals surface area contributed by atoms with Crippen molar-refractivity contribution in [1.82, 2.24) is 10.2 Å². The van der Waals surface area contributed by atoms with Gasteiger partial charge in [-0.05, 0) is 73.1 Å². The molecule has 0 aromatic heterocycles. The number of ether oxygens (including phenoxy) is 4. The number of alkyl halides is 3. The maximum atomic E-state index is 13.9. The highest BCUT2D eigenvalue weighted by atomic mass is 19.4. The van der Waals surface area contributed by atoms with Crippen molar-refractivity contribution in [2.45, 2.75) is 50.6 Å². The lowest BCUT2D eigenvalue weighted by Crippen LogP contribution is -2.52. The van der Waals surface area contributed by atoms with Crippen molar-refractivity contribution in [2.24, 2.45) is 0 Å². The highest BCUT2D eigenvalue weighted by Gasteiger charge is 2.40. The molecule has 1 aliphatic carbocycles. The van der Waals surface area contributed by atoms with Crippen LogP contribution in [0, 0.1) is 17.5 Å². The summed E-state index contributed by atoms with van der Waals surface area (Å²) in [5.74, 6) is -6.27. The van der Waals surface area contributed by atoms with Gasteiger partial charge in [-0.3, -0.25) is 9.69 Å². The molecule has 3 aromatic carbocycles. The van der Waals surface area contributed by atoms with E-state index in [4.69, 9.17) is 18.9 Å². The second-order valence-corrected chi connectivity index (χ2v) is 11.6. The van der Waals surface area contributed by atoms with Crippen LogP contribution in [0.1, 0.15) is 36.8 Å². The molecule has 2 aliphatic rings. The van der Waals surface area contributed by atoms with Gasteiger partial charge in [0, 0.05) is 19.2 Å². The lowest BCUT2D eigenvalue weighted by molar-refractivity contribution is -0.174. The number of carbonyl (C=O) groups is 2. The van der Waals surface area contributed by atoms with Crippen LogP contribution in [-0.4, -0.2) is 68.6 Å². The number of aryl methyl sites for hydroxylation is 1. The quantitative estimate of drug-likeness (QED) is 0.0910. The molecule has 5 rings (SSSR count). The Morgan fingerprint density at radius 2 is 1.69 bits per heavy atom. The Kier molecular flexibility index (Phi) is 11.4. The van der Waals surface area contributed by atoms with Crippen molar-refractivity contribution >= 4 is 17.4 Å². The van der Waals surface area contributed by atoms with Gasteiger partial charge in [-0.15, -0.1) is 0 Å². The van der Waals surface area contributed by atoms with Gasteiger partial charge in [0.05, 0.1) is 25.8 Å². The first-order chi connectivity index (χ1) is 23.4. The van der Waals surface area contributed by atoms with Crippen molar-refractivity contribution in [3.8, 4) is 17.2 Å². The standard InChI is InChI=1S/C35H34F6N2O6/c1-46-24-5-2-6-25(18-24)48-30(19-42-34(45)35(39,40)41)43-16-15-26(27(20-43)33(44)49-23-11-12-23)22-9-7-21(8-10-22)4-3-17-47-32-29(37)14-13-28(36)31(32)38/h2,5-10,13-14,18,23,30H,3-4,11-12,15-17,19-20H2,1H3,(H,42,45). The first kappa shape index (κ1) is 35.6. The molecule has 1 N–H and O–H groups in total. The Bertz CT molecular complexity index is 1680. The zero-order chi connectivity index (χ0) is 35.1.